The van der Waals surface area contributed by atoms with Crippen molar-refractivity contribution in [3.8, 4) is 0 Å². The Morgan fingerprint density at radius 1 is 1.23 bits per heavy atom. The highest BCUT2D eigenvalue weighted by atomic mass is 16.5. The van der Waals surface area contributed by atoms with Crippen molar-refractivity contribution in [1.82, 2.24) is 0 Å². The lowest BCUT2D eigenvalue weighted by molar-refractivity contribution is -0.0772. The first-order chi connectivity index (χ1) is 6.40. The third-order valence-corrected chi connectivity index (χ3v) is 4.54. The van der Waals surface area contributed by atoms with Gasteiger partial charge in [-0.25, -0.2) is 0 Å². The summed E-state index contributed by atoms with van der Waals surface area (Å²) in [5, 5.41) is 0. The predicted octanol–water partition coefficient (Wildman–Crippen LogP) is 2.62. The van der Waals surface area contributed by atoms with Gasteiger partial charge in [0.2, 0.25) is 0 Å². The van der Waals surface area contributed by atoms with Crippen molar-refractivity contribution in [2.24, 2.45) is 23.7 Å². The lowest BCUT2D eigenvalue weighted by atomic mass is 9.58. The molecule has 0 aromatic heterocycles. The largest absolute Gasteiger partial charge is 0.381 e. The van der Waals surface area contributed by atoms with E-state index in [0.717, 1.165) is 23.7 Å². The van der Waals surface area contributed by atoms with Crippen LogP contribution >= 0.6 is 0 Å². The van der Waals surface area contributed by atoms with E-state index in [1.807, 2.05) is 7.11 Å². The Balaban J connectivity index is 1.87. The van der Waals surface area contributed by atoms with Gasteiger partial charge in [-0.15, -0.1) is 0 Å². The second kappa shape index (κ2) is 2.84. The second-order valence-electron chi connectivity index (χ2n) is 4.92. The summed E-state index contributed by atoms with van der Waals surface area (Å²) >= 11 is 0. The van der Waals surface area contributed by atoms with E-state index in [1.54, 1.807) is 0 Å². The Bertz CT molecular complexity index is 233. The third kappa shape index (κ3) is 1.03. The minimum absolute atomic E-state index is 0.583. The number of hydrogen-bond acceptors (Lipinski definition) is 1. The summed E-state index contributed by atoms with van der Waals surface area (Å²) in [7, 11) is 1.89. The van der Waals surface area contributed by atoms with Crippen LogP contribution in [0, 0.1) is 23.7 Å². The lowest BCUT2D eigenvalue weighted by Crippen LogP contribution is -2.46. The van der Waals surface area contributed by atoms with Crippen LogP contribution < -0.4 is 0 Å². The van der Waals surface area contributed by atoms with E-state index in [1.165, 1.54) is 25.7 Å². The summed E-state index contributed by atoms with van der Waals surface area (Å²) in [6.45, 7) is 0. The maximum absolute atomic E-state index is 5.61. The molecule has 2 bridgehead atoms. The first kappa shape index (κ1) is 8.05. The SMILES string of the molecule is COC1CC2CCC1C1CC=CC21. The molecule has 4 aliphatic rings. The van der Waals surface area contributed by atoms with Crippen LogP contribution in [0.15, 0.2) is 12.2 Å². The van der Waals surface area contributed by atoms with Gasteiger partial charge >= 0.3 is 0 Å². The number of ether oxygens (including phenoxy) is 1. The van der Waals surface area contributed by atoms with Gasteiger partial charge in [-0.1, -0.05) is 12.2 Å². The molecule has 0 aromatic carbocycles. The van der Waals surface area contributed by atoms with Crippen LogP contribution in [0.25, 0.3) is 0 Å². The molecule has 0 N–H and O–H groups in total. The Hall–Kier alpha value is -0.300. The molecular weight excluding hydrogens is 160 g/mol. The maximum Gasteiger partial charge on any atom is 0.0605 e. The number of allylic oxidation sites excluding steroid dienone is 2. The van der Waals surface area contributed by atoms with Gasteiger partial charge in [0.25, 0.3) is 0 Å². The van der Waals surface area contributed by atoms with Crippen LogP contribution in [0.1, 0.15) is 25.7 Å². The molecule has 0 aliphatic heterocycles. The van der Waals surface area contributed by atoms with Crippen LogP contribution in [0.4, 0.5) is 0 Å². The Kier molecular flexibility index (Phi) is 1.76. The van der Waals surface area contributed by atoms with E-state index in [-0.39, 0.29) is 0 Å². The van der Waals surface area contributed by atoms with Crippen molar-refractivity contribution in [3.05, 3.63) is 12.2 Å². The fraction of sp³-hybridized carbons (Fsp3) is 0.833. The number of fused-ring (bicyclic) bond motifs is 2. The van der Waals surface area contributed by atoms with Crippen molar-refractivity contribution in [2.75, 3.05) is 7.11 Å². The highest BCUT2D eigenvalue weighted by Crippen LogP contribution is 2.53. The van der Waals surface area contributed by atoms with E-state index in [9.17, 15) is 0 Å². The van der Waals surface area contributed by atoms with Crippen LogP contribution in [0.5, 0.6) is 0 Å². The number of hydrogen-bond donors (Lipinski definition) is 0. The maximum atomic E-state index is 5.61. The molecule has 4 aliphatic carbocycles. The number of rotatable bonds is 1. The molecule has 0 spiro atoms. The molecule has 72 valence electrons. The molecule has 0 radical (unpaired) electrons. The molecule has 5 atom stereocenters. The summed E-state index contributed by atoms with van der Waals surface area (Å²) in [6.07, 6.45) is 11.0. The average molecular weight is 178 g/mol. The molecule has 5 unspecified atom stereocenters. The molecule has 0 amide bonds. The van der Waals surface area contributed by atoms with Gasteiger partial charge in [-0.3, -0.25) is 0 Å². The topological polar surface area (TPSA) is 9.23 Å². The molecule has 0 aromatic rings. The zero-order valence-corrected chi connectivity index (χ0v) is 8.28. The highest BCUT2D eigenvalue weighted by Gasteiger charge is 2.48. The number of methoxy groups -OCH3 is 1. The van der Waals surface area contributed by atoms with E-state index in [0.29, 0.717) is 6.10 Å². The fourth-order valence-electron chi connectivity index (χ4n) is 3.95. The first-order valence-corrected chi connectivity index (χ1v) is 5.59. The van der Waals surface area contributed by atoms with E-state index >= 15 is 0 Å². The predicted molar refractivity (Wildman–Crippen MR) is 52.4 cm³/mol. The molecule has 13 heavy (non-hydrogen) atoms. The van der Waals surface area contributed by atoms with Crippen LogP contribution in [-0.2, 0) is 4.74 Å². The molecule has 4 rings (SSSR count). The monoisotopic (exact) mass is 178 g/mol. The Labute approximate surface area is 80.2 Å². The molecule has 1 nitrogen and oxygen atoms in total. The molecular formula is C12H18O. The van der Waals surface area contributed by atoms with Gasteiger partial charge in [0.05, 0.1) is 6.10 Å². The minimum atomic E-state index is 0.583. The highest BCUT2D eigenvalue weighted by molar-refractivity contribution is 5.11. The van der Waals surface area contributed by atoms with Gasteiger partial charge < -0.3 is 4.74 Å². The van der Waals surface area contributed by atoms with Gasteiger partial charge in [0.1, 0.15) is 0 Å². The lowest BCUT2D eigenvalue weighted by Gasteiger charge is -2.49. The van der Waals surface area contributed by atoms with Crippen molar-refractivity contribution < 1.29 is 4.74 Å². The second-order valence-corrected chi connectivity index (χ2v) is 4.92. The van der Waals surface area contributed by atoms with Crippen molar-refractivity contribution in [3.63, 3.8) is 0 Å². The zero-order valence-electron chi connectivity index (χ0n) is 8.28. The summed E-state index contributed by atoms with van der Waals surface area (Å²) in [4.78, 5) is 0. The van der Waals surface area contributed by atoms with Crippen LogP contribution in [0.2, 0.25) is 0 Å². The zero-order chi connectivity index (χ0) is 8.84. The summed E-state index contributed by atoms with van der Waals surface area (Å²) < 4.78 is 5.61. The van der Waals surface area contributed by atoms with Crippen molar-refractivity contribution >= 4 is 0 Å². The van der Waals surface area contributed by atoms with Gasteiger partial charge in [-0.05, 0) is 49.4 Å². The average Bonchev–Trinajstić information content (AvgIpc) is 2.68. The van der Waals surface area contributed by atoms with Crippen LogP contribution in [0.3, 0.4) is 0 Å². The van der Waals surface area contributed by atoms with Gasteiger partial charge in [0.15, 0.2) is 0 Å². The third-order valence-electron chi connectivity index (χ3n) is 4.54. The first-order valence-electron chi connectivity index (χ1n) is 5.59. The van der Waals surface area contributed by atoms with Crippen molar-refractivity contribution in [1.29, 1.82) is 0 Å². The molecule has 3 saturated carbocycles. The Morgan fingerprint density at radius 2 is 2.15 bits per heavy atom. The summed E-state index contributed by atoms with van der Waals surface area (Å²) in [5.41, 5.74) is 0. The molecule has 1 heteroatoms. The normalized spacial score (nSPS) is 52.5. The van der Waals surface area contributed by atoms with E-state index < -0.39 is 0 Å². The summed E-state index contributed by atoms with van der Waals surface area (Å²) in [5.74, 6) is 3.68. The van der Waals surface area contributed by atoms with Crippen LogP contribution in [-0.4, -0.2) is 13.2 Å². The van der Waals surface area contributed by atoms with Gasteiger partial charge in [-0.2, -0.15) is 0 Å². The smallest absolute Gasteiger partial charge is 0.0605 e. The molecule has 3 fully saturated rings. The van der Waals surface area contributed by atoms with E-state index in [2.05, 4.69) is 12.2 Å². The standard InChI is InChI=1S/C12H18O/c1-13-12-7-8-5-6-11(12)10-4-2-3-9(8)10/h2-3,8-12H,4-7H2,1H3. The van der Waals surface area contributed by atoms with Crippen molar-refractivity contribution in [2.45, 2.75) is 31.8 Å². The quantitative estimate of drug-likeness (QED) is 0.561. The molecule has 0 saturated heterocycles. The van der Waals surface area contributed by atoms with Gasteiger partial charge in [0, 0.05) is 7.11 Å². The van der Waals surface area contributed by atoms with E-state index in [4.69, 9.17) is 4.74 Å². The summed E-state index contributed by atoms with van der Waals surface area (Å²) in [6, 6.07) is 0. The fourth-order valence-corrected chi connectivity index (χ4v) is 3.95. The molecule has 0 heterocycles. The Morgan fingerprint density at radius 3 is 3.00 bits per heavy atom. The minimum Gasteiger partial charge on any atom is -0.381 e.